The molecule has 3 aromatic carbocycles. The van der Waals surface area contributed by atoms with Gasteiger partial charge >= 0.3 is 0 Å². The van der Waals surface area contributed by atoms with E-state index in [2.05, 4.69) is 5.32 Å². The molecule has 0 heterocycles. The second-order valence-corrected chi connectivity index (χ2v) is 12.0. The number of amides is 2. The summed E-state index contributed by atoms with van der Waals surface area (Å²) in [5.41, 5.74) is 2.11. The highest BCUT2D eigenvalue weighted by Gasteiger charge is 2.34. The fraction of sp³-hybridized carbons (Fsp3) is 0.375. The first-order chi connectivity index (χ1) is 20.0. The van der Waals surface area contributed by atoms with E-state index in [-0.39, 0.29) is 29.1 Å². The molecule has 0 saturated carbocycles. The first-order valence-corrected chi connectivity index (χ1v) is 15.4. The Morgan fingerprint density at radius 2 is 1.52 bits per heavy atom. The average Bonchev–Trinajstić information content (AvgIpc) is 3.00. The Bertz CT molecular complexity index is 1440. The van der Waals surface area contributed by atoms with E-state index in [1.807, 2.05) is 52.0 Å². The molecule has 3 rings (SSSR count). The Hall–Kier alpha value is -4.05. The summed E-state index contributed by atoms with van der Waals surface area (Å²) < 4.78 is 39.8. The molecule has 0 bridgehead atoms. The average molecular weight is 596 g/mol. The Morgan fingerprint density at radius 3 is 2.10 bits per heavy atom. The number of hydrogen-bond donors (Lipinski definition) is 1. The highest BCUT2D eigenvalue weighted by Crippen LogP contribution is 2.34. The van der Waals surface area contributed by atoms with Gasteiger partial charge in [-0.15, -0.1) is 0 Å². The monoisotopic (exact) mass is 595 g/mol. The number of sulfonamides is 1. The lowest BCUT2D eigenvalue weighted by atomic mass is 10.1. The lowest BCUT2D eigenvalue weighted by Gasteiger charge is -2.34. The number of ether oxygens (including phenoxy) is 2. The minimum Gasteiger partial charge on any atom is -0.493 e. The molecule has 0 aliphatic heterocycles. The molecule has 2 amide bonds. The van der Waals surface area contributed by atoms with Crippen LogP contribution in [-0.4, -0.2) is 58.0 Å². The maximum atomic E-state index is 14.2. The van der Waals surface area contributed by atoms with Crippen molar-refractivity contribution in [3.63, 3.8) is 0 Å². The third-order valence-electron chi connectivity index (χ3n) is 7.13. The Labute approximate surface area is 249 Å². The maximum absolute atomic E-state index is 14.2. The predicted molar refractivity (Wildman–Crippen MR) is 164 cm³/mol. The number of anilines is 1. The second kappa shape index (κ2) is 14.7. The van der Waals surface area contributed by atoms with Gasteiger partial charge in [0.15, 0.2) is 11.5 Å². The summed E-state index contributed by atoms with van der Waals surface area (Å²) in [4.78, 5) is 29.1. The molecule has 226 valence electrons. The molecule has 0 aromatic heterocycles. The van der Waals surface area contributed by atoms with Crippen LogP contribution in [0, 0.1) is 6.92 Å². The van der Waals surface area contributed by atoms with Crippen molar-refractivity contribution in [3.8, 4) is 11.5 Å². The van der Waals surface area contributed by atoms with Crippen molar-refractivity contribution in [1.29, 1.82) is 0 Å². The van der Waals surface area contributed by atoms with Gasteiger partial charge in [0.25, 0.3) is 10.0 Å². The maximum Gasteiger partial charge on any atom is 0.264 e. The van der Waals surface area contributed by atoms with E-state index in [1.54, 1.807) is 30.3 Å². The van der Waals surface area contributed by atoms with Crippen LogP contribution in [0.3, 0.4) is 0 Å². The molecule has 0 fully saturated rings. The highest BCUT2D eigenvalue weighted by atomic mass is 32.2. The number of carbonyl (C=O) groups excluding carboxylic acids is 2. The molecule has 0 aliphatic carbocycles. The molecule has 0 saturated heterocycles. The quantitative estimate of drug-likeness (QED) is 0.283. The third-order valence-corrected chi connectivity index (χ3v) is 8.91. The van der Waals surface area contributed by atoms with E-state index in [4.69, 9.17) is 9.47 Å². The number of aryl methyl sites for hydroxylation is 1. The van der Waals surface area contributed by atoms with Crippen molar-refractivity contribution in [2.24, 2.45) is 0 Å². The standard InChI is InChI=1S/C32H41N3O6S/c1-7-24(4)33-32(37)28(8-2)34(21-25-16-14-23(3)15-17-25)31(36)22-35(42(38,39)27-12-10-9-11-13-27)26-18-19-29(40-5)30(20-26)41-6/h9-20,24,28H,7-8,21-22H2,1-6H3,(H,33,37)/t24-,28-/m1/s1. The highest BCUT2D eigenvalue weighted by molar-refractivity contribution is 7.92. The molecule has 0 unspecified atom stereocenters. The van der Waals surface area contributed by atoms with Crippen LogP contribution < -0.4 is 19.1 Å². The van der Waals surface area contributed by atoms with Crippen molar-refractivity contribution in [3.05, 3.63) is 83.9 Å². The number of benzene rings is 3. The normalized spacial score (nSPS) is 12.6. The smallest absolute Gasteiger partial charge is 0.264 e. The minimum atomic E-state index is -4.19. The predicted octanol–water partition coefficient (Wildman–Crippen LogP) is 4.93. The van der Waals surface area contributed by atoms with Gasteiger partial charge in [0, 0.05) is 18.7 Å². The fourth-order valence-electron chi connectivity index (χ4n) is 4.48. The topological polar surface area (TPSA) is 105 Å². The van der Waals surface area contributed by atoms with Crippen LogP contribution in [0.1, 0.15) is 44.7 Å². The van der Waals surface area contributed by atoms with Crippen molar-refractivity contribution in [1.82, 2.24) is 10.2 Å². The van der Waals surface area contributed by atoms with Gasteiger partial charge in [0.2, 0.25) is 11.8 Å². The molecule has 3 aromatic rings. The Kier molecular flexibility index (Phi) is 11.4. The third kappa shape index (κ3) is 7.82. The largest absolute Gasteiger partial charge is 0.493 e. The van der Waals surface area contributed by atoms with Crippen LogP contribution in [0.2, 0.25) is 0 Å². The Morgan fingerprint density at radius 1 is 0.881 bits per heavy atom. The van der Waals surface area contributed by atoms with Crippen LogP contribution in [0.25, 0.3) is 0 Å². The molecule has 0 radical (unpaired) electrons. The molecule has 42 heavy (non-hydrogen) atoms. The van der Waals surface area contributed by atoms with E-state index in [0.29, 0.717) is 17.9 Å². The molecule has 0 aliphatic rings. The first-order valence-electron chi connectivity index (χ1n) is 14.0. The van der Waals surface area contributed by atoms with Gasteiger partial charge in [-0.2, -0.15) is 0 Å². The molecular formula is C32H41N3O6S. The molecular weight excluding hydrogens is 554 g/mol. The van der Waals surface area contributed by atoms with Gasteiger partial charge in [0.1, 0.15) is 12.6 Å². The summed E-state index contributed by atoms with van der Waals surface area (Å²) in [7, 11) is -1.26. The molecule has 0 spiro atoms. The van der Waals surface area contributed by atoms with Gasteiger partial charge in [-0.1, -0.05) is 61.9 Å². The van der Waals surface area contributed by atoms with Gasteiger partial charge in [-0.05, 0) is 56.5 Å². The Balaban J connectivity index is 2.10. The zero-order chi connectivity index (χ0) is 30.9. The number of nitrogens with zero attached hydrogens (tertiary/aromatic N) is 2. The van der Waals surface area contributed by atoms with E-state index in [9.17, 15) is 18.0 Å². The van der Waals surface area contributed by atoms with E-state index >= 15 is 0 Å². The van der Waals surface area contributed by atoms with Gasteiger partial charge < -0.3 is 19.7 Å². The second-order valence-electron chi connectivity index (χ2n) is 10.1. The SMILES string of the molecule is CC[C@@H](C)NC(=O)[C@@H](CC)N(Cc1ccc(C)cc1)C(=O)CN(c1ccc(OC)c(OC)c1)S(=O)(=O)c1ccccc1. The van der Waals surface area contributed by atoms with Crippen LogP contribution >= 0.6 is 0 Å². The summed E-state index contributed by atoms with van der Waals surface area (Å²) in [5.74, 6) is -0.0723. The fourth-order valence-corrected chi connectivity index (χ4v) is 5.91. The van der Waals surface area contributed by atoms with E-state index in [1.165, 1.54) is 37.3 Å². The number of rotatable bonds is 14. The van der Waals surface area contributed by atoms with Gasteiger partial charge in [0.05, 0.1) is 24.8 Å². The summed E-state index contributed by atoms with van der Waals surface area (Å²) in [5, 5.41) is 2.98. The molecule has 10 heteroatoms. The van der Waals surface area contributed by atoms with Crippen molar-refractivity contribution in [2.45, 2.75) is 64.1 Å². The number of hydrogen-bond acceptors (Lipinski definition) is 6. The first kappa shape index (κ1) is 32.5. The molecule has 2 atom stereocenters. The van der Waals surface area contributed by atoms with Crippen LogP contribution in [-0.2, 0) is 26.2 Å². The van der Waals surface area contributed by atoms with E-state index < -0.39 is 28.5 Å². The summed E-state index contributed by atoms with van der Waals surface area (Å²) in [6.45, 7) is 7.28. The summed E-state index contributed by atoms with van der Waals surface area (Å²) >= 11 is 0. The van der Waals surface area contributed by atoms with Crippen LogP contribution in [0.4, 0.5) is 5.69 Å². The number of methoxy groups -OCH3 is 2. The number of carbonyl (C=O) groups is 2. The van der Waals surface area contributed by atoms with Gasteiger partial charge in [-0.25, -0.2) is 8.42 Å². The van der Waals surface area contributed by atoms with E-state index in [0.717, 1.165) is 21.9 Å². The van der Waals surface area contributed by atoms with Crippen LogP contribution in [0.5, 0.6) is 11.5 Å². The van der Waals surface area contributed by atoms with Crippen molar-refractivity contribution in [2.75, 3.05) is 25.1 Å². The lowest BCUT2D eigenvalue weighted by Crippen LogP contribution is -2.53. The molecule has 1 N–H and O–H groups in total. The van der Waals surface area contributed by atoms with Crippen molar-refractivity contribution >= 4 is 27.5 Å². The number of nitrogens with one attached hydrogen (secondary N) is 1. The minimum absolute atomic E-state index is 0.0271. The van der Waals surface area contributed by atoms with Crippen molar-refractivity contribution < 1.29 is 27.5 Å². The summed E-state index contributed by atoms with van der Waals surface area (Å²) in [6.07, 6.45) is 1.08. The van der Waals surface area contributed by atoms with Gasteiger partial charge in [-0.3, -0.25) is 13.9 Å². The molecule has 9 nitrogen and oxygen atoms in total. The lowest BCUT2D eigenvalue weighted by molar-refractivity contribution is -0.140. The zero-order valence-electron chi connectivity index (χ0n) is 25.2. The van der Waals surface area contributed by atoms with Crippen LogP contribution in [0.15, 0.2) is 77.7 Å². The zero-order valence-corrected chi connectivity index (χ0v) is 26.0. The summed E-state index contributed by atoms with van der Waals surface area (Å²) in [6, 6.07) is 19.4.